The van der Waals surface area contributed by atoms with Gasteiger partial charge in [-0.2, -0.15) is 0 Å². The van der Waals surface area contributed by atoms with E-state index in [1.807, 2.05) is 33.8 Å². The number of nitrogens with zero attached hydrogens (tertiary/aromatic N) is 2. The molecule has 7 heteroatoms. The first-order valence-electron chi connectivity index (χ1n) is 7.11. The van der Waals surface area contributed by atoms with E-state index in [9.17, 15) is 4.79 Å². The Bertz CT molecular complexity index is 542. The first-order valence-corrected chi connectivity index (χ1v) is 8.28. The van der Waals surface area contributed by atoms with Gasteiger partial charge in [-0.15, -0.1) is 0 Å². The molecule has 0 N–H and O–H groups in total. The summed E-state index contributed by atoms with van der Waals surface area (Å²) >= 11 is 9.37. The summed E-state index contributed by atoms with van der Waals surface area (Å²) in [5.41, 5.74) is 0.324. The first-order chi connectivity index (χ1) is 10.2. The Morgan fingerprint density at radius 3 is 2.77 bits per heavy atom. The van der Waals surface area contributed by atoms with Crippen molar-refractivity contribution in [1.82, 2.24) is 9.88 Å². The third-order valence-electron chi connectivity index (χ3n) is 3.25. The molecule has 2 atom stereocenters. The quantitative estimate of drug-likeness (QED) is 0.673. The van der Waals surface area contributed by atoms with Crippen molar-refractivity contribution in [3.05, 3.63) is 27.5 Å². The maximum absolute atomic E-state index is 12.5. The van der Waals surface area contributed by atoms with Crippen LogP contribution in [0.1, 0.15) is 39.3 Å². The summed E-state index contributed by atoms with van der Waals surface area (Å²) in [6.07, 6.45) is -0.511. The van der Waals surface area contributed by atoms with E-state index in [1.165, 1.54) is 0 Å². The van der Waals surface area contributed by atoms with E-state index in [-0.39, 0.29) is 18.2 Å². The topological polar surface area (TPSA) is 51.7 Å². The fourth-order valence-corrected chi connectivity index (χ4v) is 3.23. The Kier molecular flexibility index (Phi) is 5.35. The van der Waals surface area contributed by atoms with Gasteiger partial charge in [0.05, 0.1) is 18.8 Å². The van der Waals surface area contributed by atoms with Gasteiger partial charge in [-0.3, -0.25) is 4.90 Å². The van der Waals surface area contributed by atoms with Crippen molar-refractivity contribution in [3.8, 4) is 0 Å². The maximum atomic E-state index is 12.5. The lowest BCUT2D eigenvalue weighted by atomic mass is 10.0. The Morgan fingerprint density at radius 2 is 2.18 bits per heavy atom. The van der Waals surface area contributed by atoms with Gasteiger partial charge in [-0.05, 0) is 61.3 Å². The summed E-state index contributed by atoms with van der Waals surface area (Å²) in [5, 5.41) is 0.367. The smallest absolute Gasteiger partial charge is 0.410 e. The van der Waals surface area contributed by atoms with E-state index in [2.05, 4.69) is 20.9 Å². The van der Waals surface area contributed by atoms with Crippen molar-refractivity contribution >= 4 is 33.6 Å². The highest BCUT2D eigenvalue weighted by Crippen LogP contribution is 2.33. The van der Waals surface area contributed by atoms with Crippen molar-refractivity contribution < 1.29 is 14.3 Å². The van der Waals surface area contributed by atoms with E-state index in [1.54, 1.807) is 11.0 Å². The van der Waals surface area contributed by atoms with E-state index in [0.29, 0.717) is 22.9 Å². The third-order valence-corrected chi connectivity index (χ3v) is 3.85. The largest absolute Gasteiger partial charge is 0.444 e. The summed E-state index contributed by atoms with van der Waals surface area (Å²) in [4.78, 5) is 18.3. The predicted molar refractivity (Wildman–Crippen MR) is 88.0 cm³/mol. The zero-order chi connectivity index (χ0) is 16.5. The zero-order valence-electron chi connectivity index (χ0n) is 13.1. The summed E-state index contributed by atoms with van der Waals surface area (Å²) in [7, 11) is 0. The van der Waals surface area contributed by atoms with Gasteiger partial charge in [-0.25, -0.2) is 9.78 Å². The minimum Gasteiger partial charge on any atom is -0.444 e. The molecule has 0 radical (unpaired) electrons. The number of hydrogen-bond donors (Lipinski definition) is 0. The molecule has 0 aliphatic carbocycles. The lowest BCUT2D eigenvalue weighted by Crippen LogP contribution is -2.48. The molecule has 1 fully saturated rings. The second kappa shape index (κ2) is 6.72. The highest BCUT2D eigenvalue weighted by atomic mass is 79.9. The van der Waals surface area contributed by atoms with Crippen molar-refractivity contribution in [1.29, 1.82) is 0 Å². The number of ether oxygens (including phenoxy) is 2. The summed E-state index contributed by atoms with van der Waals surface area (Å²) < 4.78 is 11.8. The molecular weight excluding hydrogens is 372 g/mol. The number of aromatic nitrogens is 1. The average Bonchev–Trinajstić information content (AvgIpc) is 2.34. The van der Waals surface area contributed by atoms with Gasteiger partial charge in [-0.1, -0.05) is 11.6 Å². The number of carbonyl (C=O) groups is 1. The van der Waals surface area contributed by atoms with Gasteiger partial charge in [0, 0.05) is 6.54 Å². The molecule has 0 saturated carbocycles. The molecule has 5 nitrogen and oxygen atoms in total. The molecule has 2 heterocycles. The molecule has 1 aliphatic rings. The number of morpholine rings is 1. The summed E-state index contributed by atoms with van der Waals surface area (Å²) in [6.45, 7) is 8.44. The highest BCUT2D eigenvalue weighted by Gasteiger charge is 2.36. The minimum absolute atomic E-state index is 0.161. The van der Waals surface area contributed by atoms with Gasteiger partial charge in [0.15, 0.2) is 0 Å². The summed E-state index contributed by atoms with van der Waals surface area (Å²) in [6, 6.07) is 3.33. The molecule has 1 aromatic heterocycles. The molecule has 0 unspecified atom stereocenters. The van der Waals surface area contributed by atoms with E-state index in [0.717, 1.165) is 5.56 Å². The lowest BCUT2D eigenvalue weighted by Gasteiger charge is -2.40. The Balaban J connectivity index is 2.32. The van der Waals surface area contributed by atoms with Crippen LogP contribution in [-0.4, -0.2) is 40.8 Å². The molecule has 1 saturated heterocycles. The van der Waals surface area contributed by atoms with Crippen molar-refractivity contribution in [2.45, 2.75) is 45.4 Å². The monoisotopic (exact) mass is 390 g/mol. The first kappa shape index (κ1) is 17.5. The molecule has 0 bridgehead atoms. The van der Waals surface area contributed by atoms with Crippen LogP contribution in [0.2, 0.25) is 5.15 Å². The number of rotatable bonds is 1. The van der Waals surface area contributed by atoms with Crippen LogP contribution in [0.25, 0.3) is 0 Å². The second-order valence-corrected chi connectivity index (χ2v) is 7.44. The molecule has 0 aromatic carbocycles. The van der Waals surface area contributed by atoms with Crippen LogP contribution in [0.3, 0.4) is 0 Å². The fourth-order valence-electron chi connectivity index (χ4n) is 2.45. The SMILES string of the molecule is C[C@H]1OCCN(C(=O)OC(C)(C)C)[C@H]1c1cc(Cl)nc(Br)c1. The Morgan fingerprint density at radius 1 is 1.50 bits per heavy atom. The van der Waals surface area contributed by atoms with Crippen LogP contribution in [0.15, 0.2) is 16.7 Å². The minimum atomic E-state index is -0.542. The Hall–Kier alpha value is -0.850. The maximum Gasteiger partial charge on any atom is 0.410 e. The second-order valence-electron chi connectivity index (χ2n) is 6.24. The van der Waals surface area contributed by atoms with Gasteiger partial charge < -0.3 is 9.47 Å². The normalized spacial score (nSPS) is 22.5. The van der Waals surface area contributed by atoms with Crippen LogP contribution < -0.4 is 0 Å². The van der Waals surface area contributed by atoms with Crippen molar-refractivity contribution in [3.63, 3.8) is 0 Å². The van der Waals surface area contributed by atoms with Gasteiger partial charge >= 0.3 is 6.09 Å². The van der Waals surface area contributed by atoms with Crippen molar-refractivity contribution in [2.24, 2.45) is 0 Å². The average molecular weight is 392 g/mol. The molecule has 2 rings (SSSR count). The van der Waals surface area contributed by atoms with Gasteiger partial charge in [0.1, 0.15) is 15.4 Å². The molecule has 1 aliphatic heterocycles. The number of halogens is 2. The van der Waals surface area contributed by atoms with E-state index >= 15 is 0 Å². The van der Waals surface area contributed by atoms with Gasteiger partial charge in [0.25, 0.3) is 0 Å². The van der Waals surface area contributed by atoms with Crippen LogP contribution >= 0.6 is 27.5 Å². The third kappa shape index (κ3) is 4.33. The molecule has 1 aromatic rings. The standard InChI is InChI=1S/C15H20BrClN2O3/c1-9-13(10-7-11(16)18-12(17)8-10)19(5-6-21-9)14(20)22-15(2,3)4/h7-9,13H,5-6H2,1-4H3/t9-,13-/m1/s1. The van der Waals surface area contributed by atoms with Crippen LogP contribution in [0, 0.1) is 0 Å². The number of carbonyl (C=O) groups excluding carboxylic acids is 1. The molecule has 1 amide bonds. The molecule has 22 heavy (non-hydrogen) atoms. The Labute approximate surface area is 144 Å². The molecular formula is C15H20BrClN2O3. The van der Waals surface area contributed by atoms with E-state index in [4.69, 9.17) is 21.1 Å². The lowest BCUT2D eigenvalue weighted by molar-refractivity contribution is -0.0699. The zero-order valence-corrected chi connectivity index (χ0v) is 15.4. The summed E-state index contributed by atoms with van der Waals surface area (Å²) in [5.74, 6) is 0. The van der Waals surface area contributed by atoms with Crippen LogP contribution in [0.5, 0.6) is 0 Å². The van der Waals surface area contributed by atoms with Crippen molar-refractivity contribution in [2.75, 3.05) is 13.2 Å². The van der Waals surface area contributed by atoms with Gasteiger partial charge in [0.2, 0.25) is 0 Å². The van der Waals surface area contributed by atoms with Crippen LogP contribution in [-0.2, 0) is 9.47 Å². The van der Waals surface area contributed by atoms with E-state index < -0.39 is 5.60 Å². The predicted octanol–water partition coefficient (Wildman–Crippen LogP) is 4.19. The number of hydrogen-bond acceptors (Lipinski definition) is 4. The molecule has 122 valence electrons. The number of amides is 1. The fraction of sp³-hybridized carbons (Fsp3) is 0.600. The molecule has 0 spiro atoms. The highest BCUT2D eigenvalue weighted by molar-refractivity contribution is 9.10. The number of pyridine rings is 1. The van der Waals surface area contributed by atoms with Crippen LogP contribution in [0.4, 0.5) is 4.79 Å².